The van der Waals surface area contributed by atoms with E-state index in [1.54, 1.807) is 18.2 Å². The third-order valence-corrected chi connectivity index (χ3v) is 3.75. The molecule has 0 atom stereocenters. The molecule has 2 nitrogen and oxygen atoms in total. The molecule has 1 aliphatic heterocycles. The van der Waals surface area contributed by atoms with Crippen LogP contribution in [0.1, 0.15) is 5.56 Å². The summed E-state index contributed by atoms with van der Waals surface area (Å²) in [5.74, 6) is 0.380. The van der Waals surface area contributed by atoms with Crippen LogP contribution < -0.4 is 0 Å². The highest BCUT2D eigenvalue weighted by molar-refractivity contribution is 6.30. The van der Waals surface area contributed by atoms with Crippen LogP contribution in [0.25, 0.3) is 0 Å². The first-order chi connectivity index (χ1) is 8.70. The molecule has 0 aromatic heterocycles. The van der Waals surface area contributed by atoms with Gasteiger partial charge in [0.1, 0.15) is 5.82 Å². The highest BCUT2D eigenvalue weighted by Crippen LogP contribution is 2.19. The summed E-state index contributed by atoms with van der Waals surface area (Å²) in [5.41, 5.74) is 0.674. The Kier molecular flexibility index (Phi) is 5.25. The smallest absolute Gasteiger partial charge is 0.146 e. The topological polar surface area (TPSA) is 6.48 Å². The monoisotopic (exact) mass is 290 g/mol. The van der Waals surface area contributed by atoms with E-state index in [4.69, 9.17) is 23.2 Å². The fourth-order valence-electron chi connectivity index (χ4n) is 2.20. The van der Waals surface area contributed by atoms with Crippen molar-refractivity contribution in [1.29, 1.82) is 0 Å². The lowest BCUT2D eigenvalue weighted by Gasteiger charge is -2.34. The Morgan fingerprint density at radius 3 is 2.44 bits per heavy atom. The largest absolute Gasteiger partial charge is 0.300 e. The average Bonchev–Trinajstić information content (AvgIpc) is 2.38. The van der Waals surface area contributed by atoms with E-state index >= 15 is 0 Å². The van der Waals surface area contributed by atoms with E-state index in [0.29, 0.717) is 18.0 Å². The number of benzene rings is 1. The van der Waals surface area contributed by atoms with Crippen molar-refractivity contribution in [2.24, 2.45) is 0 Å². The van der Waals surface area contributed by atoms with Gasteiger partial charge in [-0.05, 0) is 6.07 Å². The predicted octanol–water partition coefficient (Wildman–Crippen LogP) is 2.84. The van der Waals surface area contributed by atoms with E-state index < -0.39 is 0 Å². The van der Waals surface area contributed by atoms with Gasteiger partial charge in [-0.1, -0.05) is 23.7 Å². The Morgan fingerprint density at radius 1 is 1.11 bits per heavy atom. The number of piperazine rings is 1. The van der Waals surface area contributed by atoms with Crippen LogP contribution in [0.5, 0.6) is 0 Å². The molecule has 1 aromatic carbocycles. The fourth-order valence-corrected chi connectivity index (χ4v) is 2.64. The second-order valence-electron chi connectivity index (χ2n) is 4.52. The number of hydrogen-bond donors (Lipinski definition) is 0. The molecule has 2 rings (SSSR count). The Hall–Kier alpha value is -0.350. The highest BCUT2D eigenvalue weighted by atomic mass is 35.5. The summed E-state index contributed by atoms with van der Waals surface area (Å²) in [5, 5.41) is 0.202. The number of halogens is 3. The zero-order chi connectivity index (χ0) is 13.0. The maximum Gasteiger partial charge on any atom is 0.146 e. The van der Waals surface area contributed by atoms with E-state index in [9.17, 15) is 4.39 Å². The molecule has 1 aliphatic rings. The first kappa shape index (κ1) is 14.1. The summed E-state index contributed by atoms with van der Waals surface area (Å²) in [6.07, 6.45) is 0. The van der Waals surface area contributed by atoms with Gasteiger partial charge in [0.25, 0.3) is 0 Å². The molecule has 5 heteroatoms. The molecule has 0 aliphatic carbocycles. The molecule has 0 radical (unpaired) electrons. The zero-order valence-electron chi connectivity index (χ0n) is 10.2. The lowest BCUT2D eigenvalue weighted by molar-refractivity contribution is 0.131. The minimum atomic E-state index is -0.289. The number of nitrogens with zero attached hydrogens (tertiary/aromatic N) is 2. The zero-order valence-corrected chi connectivity index (χ0v) is 11.7. The maximum atomic E-state index is 13.8. The highest BCUT2D eigenvalue weighted by Gasteiger charge is 2.17. The number of alkyl halides is 1. The SMILES string of the molecule is Fc1c(Cl)cccc1CN1CCN(CCCl)CC1. The van der Waals surface area contributed by atoms with Crippen molar-refractivity contribution >= 4 is 23.2 Å². The molecular weight excluding hydrogens is 274 g/mol. The summed E-state index contributed by atoms with van der Waals surface area (Å²) in [6.45, 7) is 5.44. The lowest BCUT2D eigenvalue weighted by Crippen LogP contribution is -2.46. The Balaban J connectivity index is 1.90. The molecule has 0 amide bonds. The molecular formula is C13H17Cl2FN2. The van der Waals surface area contributed by atoms with Crippen LogP contribution in [-0.2, 0) is 6.54 Å². The van der Waals surface area contributed by atoms with Gasteiger partial charge >= 0.3 is 0 Å². The second-order valence-corrected chi connectivity index (χ2v) is 5.30. The van der Waals surface area contributed by atoms with Gasteiger partial charge in [0.15, 0.2) is 0 Å². The quantitative estimate of drug-likeness (QED) is 0.787. The third kappa shape index (κ3) is 3.58. The van der Waals surface area contributed by atoms with Crippen LogP contribution >= 0.6 is 23.2 Å². The van der Waals surface area contributed by atoms with Crippen LogP contribution in [0.3, 0.4) is 0 Å². The molecule has 0 N–H and O–H groups in total. The molecule has 0 saturated carbocycles. The molecule has 0 spiro atoms. The summed E-state index contributed by atoms with van der Waals surface area (Å²) >= 11 is 11.5. The van der Waals surface area contributed by atoms with Crippen molar-refractivity contribution in [3.8, 4) is 0 Å². The fraction of sp³-hybridized carbons (Fsp3) is 0.538. The Labute approximate surface area is 117 Å². The molecule has 1 aromatic rings. The third-order valence-electron chi connectivity index (χ3n) is 3.29. The van der Waals surface area contributed by atoms with Gasteiger partial charge in [-0.2, -0.15) is 0 Å². The molecule has 0 bridgehead atoms. The van der Waals surface area contributed by atoms with Crippen LogP contribution in [0.15, 0.2) is 18.2 Å². The molecule has 1 fully saturated rings. The van der Waals surface area contributed by atoms with Crippen molar-refractivity contribution in [2.45, 2.75) is 6.54 Å². The van der Waals surface area contributed by atoms with Gasteiger partial charge in [-0.3, -0.25) is 9.80 Å². The van der Waals surface area contributed by atoms with Crippen LogP contribution in [0.4, 0.5) is 4.39 Å². The first-order valence-corrected chi connectivity index (χ1v) is 7.05. The van der Waals surface area contributed by atoms with Crippen LogP contribution in [0.2, 0.25) is 5.02 Å². The van der Waals surface area contributed by atoms with Crippen molar-refractivity contribution in [3.63, 3.8) is 0 Å². The molecule has 0 unspecified atom stereocenters. The second kappa shape index (κ2) is 6.71. The number of hydrogen-bond acceptors (Lipinski definition) is 2. The first-order valence-electron chi connectivity index (χ1n) is 6.14. The summed E-state index contributed by atoms with van der Waals surface area (Å²) in [4.78, 5) is 4.58. The molecule has 1 saturated heterocycles. The van der Waals surface area contributed by atoms with Crippen molar-refractivity contribution in [3.05, 3.63) is 34.6 Å². The summed E-state index contributed by atoms with van der Waals surface area (Å²) in [7, 11) is 0. The molecule has 18 heavy (non-hydrogen) atoms. The predicted molar refractivity (Wildman–Crippen MR) is 73.8 cm³/mol. The van der Waals surface area contributed by atoms with Crippen molar-refractivity contribution in [2.75, 3.05) is 38.6 Å². The van der Waals surface area contributed by atoms with E-state index in [0.717, 1.165) is 32.7 Å². The van der Waals surface area contributed by atoms with Gasteiger partial charge in [-0.15, -0.1) is 11.6 Å². The van der Waals surface area contributed by atoms with Gasteiger partial charge < -0.3 is 0 Å². The van der Waals surface area contributed by atoms with Crippen molar-refractivity contribution < 1.29 is 4.39 Å². The van der Waals surface area contributed by atoms with Crippen molar-refractivity contribution in [1.82, 2.24) is 9.80 Å². The van der Waals surface area contributed by atoms with E-state index in [-0.39, 0.29) is 10.8 Å². The summed E-state index contributed by atoms with van der Waals surface area (Å²) < 4.78 is 13.8. The maximum absolute atomic E-state index is 13.8. The normalized spacial score (nSPS) is 18.2. The standard InChI is InChI=1S/C13H17Cl2FN2/c14-4-5-17-6-8-18(9-7-17)10-11-2-1-3-12(15)13(11)16/h1-3H,4-10H2. The van der Waals surface area contributed by atoms with Crippen LogP contribution in [-0.4, -0.2) is 48.4 Å². The Bertz CT molecular complexity index is 393. The minimum Gasteiger partial charge on any atom is -0.300 e. The summed E-state index contributed by atoms with van der Waals surface area (Å²) in [6, 6.07) is 5.18. The van der Waals surface area contributed by atoms with Gasteiger partial charge in [0, 0.05) is 50.7 Å². The van der Waals surface area contributed by atoms with E-state index in [1.807, 2.05) is 0 Å². The Morgan fingerprint density at radius 2 is 1.78 bits per heavy atom. The van der Waals surface area contributed by atoms with Gasteiger partial charge in [0.05, 0.1) is 5.02 Å². The van der Waals surface area contributed by atoms with E-state index in [1.165, 1.54) is 0 Å². The van der Waals surface area contributed by atoms with Gasteiger partial charge in [-0.25, -0.2) is 4.39 Å². The average molecular weight is 291 g/mol. The minimum absolute atomic E-state index is 0.202. The lowest BCUT2D eigenvalue weighted by atomic mass is 10.2. The molecule has 1 heterocycles. The van der Waals surface area contributed by atoms with E-state index in [2.05, 4.69) is 9.80 Å². The van der Waals surface area contributed by atoms with Gasteiger partial charge in [0.2, 0.25) is 0 Å². The number of rotatable bonds is 4. The van der Waals surface area contributed by atoms with Crippen LogP contribution in [0, 0.1) is 5.82 Å². The molecule has 100 valence electrons.